The summed E-state index contributed by atoms with van der Waals surface area (Å²) < 4.78 is 42.7. The zero-order valence-corrected chi connectivity index (χ0v) is 14.0. The van der Waals surface area contributed by atoms with E-state index in [4.69, 9.17) is 4.74 Å². The van der Waals surface area contributed by atoms with Crippen molar-refractivity contribution in [3.8, 4) is 5.75 Å². The molecule has 0 amide bonds. The van der Waals surface area contributed by atoms with Gasteiger partial charge in [-0.3, -0.25) is 0 Å². The molecule has 4 nitrogen and oxygen atoms in total. The average Bonchev–Trinajstić information content (AvgIpc) is 2.47. The molecule has 1 N–H and O–H groups in total. The molecule has 2 rings (SSSR count). The van der Waals surface area contributed by atoms with Crippen molar-refractivity contribution in [1.29, 1.82) is 0 Å². The number of hydrogen-bond donors (Lipinski definition) is 1. The lowest BCUT2D eigenvalue weighted by Gasteiger charge is -2.22. The summed E-state index contributed by atoms with van der Waals surface area (Å²) in [5, 5.41) is 3.34. The molecular formula is C16H24FNO3S. The predicted octanol–water partition coefficient (Wildman–Crippen LogP) is 2.70. The van der Waals surface area contributed by atoms with Gasteiger partial charge in [-0.05, 0) is 63.7 Å². The first kappa shape index (κ1) is 17.2. The Morgan fingerprint density at radius 1 is 1.32 bits per heavy atom. The number of nitrogens with one attached hydrogen (secondary N) is 1. The number of rotatable bonds is 6. The molecule has 1 aliphatic rings. The quantitative estimate of drug-likeness (QED) is 0.815. The SMILES string of the molecule is Cc1c(OCCCC2CCNCC2)ccc(S(C)(=O)=O)c1F. The Hall–Kier alpha value is -1.14. The molecule has 1 fully saturated rings. The first-order valence-electron chi connectivity index (χ1n) is 7.72. The van der Waals surface area contributed by atoms with Gasteiger partial charge in [0, 0.05) is 11.8 Å². The van der Waals surface area contributed by atoms with Crippen LogP contribution >= 0.6 is 0 Å². The van der Waals surface area contributed by atoms with Crippen LogP contribution in [0.2, 0.25) is 0 Å². The lowest BCUT2D eigenvalue weighted by atomic mass is 9.93. The predicted molar refractivity (Wildman–Crippen MR) is 84.6 cm³/mol. The maximum atomic E-state index is 14.1. The molecule has 0 spiro atoms. The Morgan fingerprint density at radius 2 is 2.00 bits per heavy atom. The summed E-state index contributed by atoms with van der Waals surface area (Å²) in [6.07, 6.45) is 5.46. The third-order valence-corrected chi connectivity index (χ3v) is 5.29. The summed E-state index contributed by atoms with van der Waals surface area (Å²) in [5.41, 5.74) is 0.254. The molecule has 0 unspecified atom stereocenters. The summed E-state index contributed by atoms with van der Waals surface area (Å²) in [7, 11) is -3.55. The number of sulfone groups is 1. The van der Waals surface area contributed by atoms with Crippen molar-refractivity contribution in [1.82, 2.24) is 5.32 Å². The molecule has 0 aromatic heterocycles. The second kappa shape index (κ2) is 7.42. The van der Waals surface area contributed by atoms with Crippen molar-refractivity contribution in [2.75, 3.05) is 26.0 Å². The molecule has 1 heterocycles. The van der Waals surface area contributed by atoms with Crippen LogP contribution in [0.25, 0.3) is 0 Å². The second-order valence-electron chi connectivity index (χ2n) is 5.96. The molecule has 0 bridgehead atoms. The first-order valence-corrected chi connectivity index (χ1v) is 9.61. The highest BCUT2D eigenvalue weighted by molar-refractivity contribution is 7.90. The van der Waals surface area contributed by atoms with Gasteiger partial charge in [0.1, 0.15) is 16.5 Å². The van der Waals surface area contributed by atoms with Crippen LogP contribution in [0.1, 0.15) is 31.2 Å². The van der Waals surface area contributed by atoms with Gasteiger partial charge in [0.2, 0.25) is 0 Å². The summed E-state index contributed by atoms with van der Waals surface area (Å²) in [5.74, 6) is 0.462. The third kappa shape index (κ3) is 4.43. The summed E-state index contributed by atoms with van der Waals surface area (Å²) >= 11 is 0. The highest BCUT2D eigenvalue weighted by Gasteiger charge is 2.18. The standard InChI is InChI=1S/C16H24FNO3S/c1-12-14(5-6-15(16(12)17)22(2,19)20)21-11-3-4-13-7-9-18-10-8-13/h5-6,13,18H,3-4,7-11H2,1-2H3. The van der Waals surface area contributed by atoms with Crippen molar-refractivity contribution in [2.24, 2.45) is 5.92 Å². The van der Waals surface area contributed by atoms with Crippen LogP contribution in [0.15, 0.2) is 17.0 Å². The van der Waals surface area contributed by atoms with Crippen molar-refractivity contribution < 1.29 is 17.5 Å². The van der Waals surface area contributed by atoms with Crippen molar-refractivity contribution in [3.63, 3.8) is 0 Å². The zero-order chi connectivity index (χ0) is 16.2. The summed E-state index contributed by atoms with van der Waals surface area (Å²) in [6, 6.07) is 2.82. The van der Waals surface area contributed by atoms with Crippen LogP contribution in [0.3, 0.4) is 0 Å². The fourth-order valence-electron chi connectivity index (χ4n) is 2.81. The van der Waals surface area contributed by atoms with E-state index in [2.05, 4.69) is 5.32 Å². The lowest BCUT2D eigenvalue weighted by molar-refractivity contribution is 0.271. The molecule has 0 saturated carbocycles. The molecule has 1 aromatic carbocycles. The van der Waals surface area contributed by atoms with Gasteiger partial charge in [-0.1, -0.05) is 0 Å². The fraction of sp³-hybridized carbons (Fsp3) is 0.625. The monoisotopic (exact) mass is 329 g/mol. The van der Waals surface area contributed by atoms with Gasteiger partial charge in [-0.15, -0.1) is 0 Å². The van der Waals surface area contributed by atoms with Crippen LogP contribution in [-0.4, -0.2) is 34.4 Å². The normalized spacial score (nSPS) is 16.7. The highest BCUT2D eigenvalue weighted by atomic mass is 32.2. The van der Waals surface area contributed by atoms with Crippen LogP contribution in [0.5, 0.6) is 5.75 Å². The molecule has 124 valence electrons. The molecule has 0 radical (unpaired) electrons. The van der Waals surface area contributed by atoms with E-state index in [9.17, 15) is 12.8 Å². The van der Waals surface area contributed by atoms with E-state index in [1.54, 1.807) is 13.0 Å². The topological polar surface area (TPSA) is 55.4 Å². The smallest absolute Gasteiger partial charge is 0.178 e. The van der Waals surface area contributed by atoms with E-state index >= 15 is 0 Å². The Kier molecular flexibility index (Phi) is 5.81. The number of ether oxygens (including phenoxy) is 1. The van der Waals surface area contributed by atoms with E-state index in [1.165, 1.54) is 18.9 Å². The highest BCUT2D eigenvalue weighted by Crippen LogP contribution is 2.27. The van der Waals surface area contributed by atoms with Gasteiger partial charge in [0.25, 0.3) is 0 Å². The van der Waals surface area contributed by atoms with Crippen molar-refractivity contribution >= 4 is 9.84 Å². The lowest BCUT2D eigenvalue weighted by Crippen LogP contribution is -2.27. The summed E-state index contributed by atoms with van der Waals surface area (Å²) in [4.78, 5) is -0.271. The largest absolute Gasteiger partial charge is 0.493 e. The Bertz CT molecular complexity index is 610. The second-order valence-corrected chi connectivity index (χ2v) is 7.94. The molecule has 1 saturated heterocycles. The maximum absolute atomic E-state index is 14.1. The molecule has 1 aliphatic heterocycles. The van der Waals surface area contributed by atoms with Gasteiger partial charge < -0.3 is 10.1 Å². The molecule has 0 atom stereocenters. The summed E-state index contributed by atoms with van der Waals surface area (Å²) in [6.45, 7) is 4.25. The van der Waals surface area contributed by atoms with Crippen LogP contribution in [-0.2, 0) is 9.84 Å². The van der Waals surface area contributed by atoms with Gasteiger partial charge >= 0.3 is 0 Å². The first-order chi connectivity index (χ1) is 10.4. The van der Waals surface area contributed by atoms with Gasteiger partial charge in [-0.2, -0.15) is 0 Å². The average molecular weight is 329 g/mol. The van der Waals surface area contributed by atoms with Crippen molar-refractivity contribution in [2.45, 2.75) is 37.5 Å². The van der Waals surface area contributed by atoms with Gasteiger partial charge in [0.15, 0.2) is 9.84 Å². The molecular weight excluding hydrogens is 305 g/mol. The molecule has 1 aromatic rings. The molecule has 6 heteroatoms. The number of benzene rings is 1. The minimum Gasteiger partial charge on any atom is -0.493 e. The fourth-order valence-corrected chi connectivity index (χ4v) is 3.60. The zero-order valence-electron chi connectivity index (χ0n) is 13.2. The van der Waals surface area contributed by atoms with Gasteiger partial charge in [0.05, 0.1) is 6.61 Å². The van der Waals surface area contributed by atoms with E-state index in [0.29, 0.717) is 12.4 Å². The number of piperidine rings is 1. The Balaban J connectivity index is 1.89. The van der Waals surface area contributed by atoms with Crippen molar-refractivity contribution in [3.05, 3.63) is 23.5 Å². The van der Waals surface area contributed by atoms with E-state index in [1.807, 2.05) is 0 Å². The third-order valence-electron chi connectivity index (χ3n) is 4.17. The van der Waals surface area contributed by atoms with Gasteiger partial charge in [-0.25, -0.2) is 12.8 Å². The molecule has 22 heavy (non-hydrogen) atoms. The number of halogens is 1. The Labute approximate surface area is 132 Å². The minimum atomic E-state index is -3.55. The molecule has 0 aliphatic carbocycles. The van der Waals surface area contributed by atoms with E-state index < -0.39 is 15.7 Å². The van der Waals surface area contributed by atoms with Crippen LogP contribution in [0.4, 0.5) is 4.39 Å². The van der Waals surface area contributed by atoms with E-state index in [-0.39, 0.29) is 10.5 Å². The Morgan fingerprint density at radius 3 is 2.64 bits per heavy atom. The maximum Gasteiger partial charge on any atom is 0.178 e. The van der Waals surface area contributed by atoms with E-state index in [0.717, 1.165) is 38.1 Å². The van der Waals surface area contributed by atoms with Crippen LogP contribution < -0.4 is 10.1 Å². The van der Waals surface area contributed by atoms with Crippen LogP contribution in [0, 0.1) is 18.7 Å². The number of hydrogen-bond acceptors (Lipinski definition) is 4. The minimum absolute atomic E-state index is 0.254.